The van der Waals surface area contributed by atoms with Crippen molar-refractivity contribution >= 4 is 17.8 Å². The Kier molecular flexibility index (Phi) is 6.00. The van der Waals surface area contributed by atoms with Crippen LogP contribution in [0.5, 0.6) is 0 Å². The molecule has 0 radical (unpaired) electrons. The van der Waals surface area contributed by atoms with Gasteiger partial charge in [-0.3, -0.25) is 19.4 Å². The lowest BCUT2D eigenvalue weighted by Gasteiger charge is -2.33. The Balaban J connectivity index is 1.50. The van der Waals surface area contributed by atoms with Crippen LogP contribution in [-0.4, -0.2) is 72.6 Å². The van der Waals surface area contributed by atoms with Crippen LogP contribution < -0.4 is 0 Å². The van der Waals surface area contributed by atoms with Gasteiger partial charge in [0.25, 0.3) is 0 Å². The number of likely N-dealkylation sites (tertiary alicyclic amines) is 1. The van der Waals surface area contributed by atoms with Crippen molar-refractivity contribution in [3.63, 3.8) is 0 Å². The Morgan fingerprint density at radius 3 is 2.31 bits per heavy atom. The summed E-state index contributed by atoms with van der Waals surface area (Å²) in [6, 6.07) is 9.89. The van der Waals surface area contributed by atoms with E-state index < -0.39 is 17.8 Å². The van der Waals surface area contributed by atoms with E-state index in [-0.39, 0.29) is 19.8 Å². The molecule has 140 valence electrons. The number of imide groups is 2. The molecule has 1 aromatic rings. The van der Waals surface area contributed by atoms with E-state index in [1.54, 1.807) is 0 Å². The summed E-state index contributed by atoms with van der Waals surface area (Å²) in [6.07, 6.45) is 3.10. The quantitative estimate of drug-likeness (QED) is 0.543. The van der Waals surface area contributed by atoms with Crippen molar-refractivity contribution in [1.82, 2.24) is 14.7 Å². The smallest absolute Gasteiger partial charge is 0.335 e. The minimum atomic E-state index is -0.758. The Bertz CT molecular complexity index is 656. The molecule has 4 amide bonds. The van der Waals surface area contributed by atoms with Crippen LogP contribution in [0.25, 0.3) is 0 Å². The molecule has 0 aliphatic carbocycles. The van der Waals surface area contributed by atoms with Gasteiger partial charge in [0.15, 0.2) is 0 Å². The maximum absolute atomic E-state index is 12.3. The molecule has 2 aliphatic rings. The van der Waals surface area contributed by atoms with Crippen molar-refractivity contribution in [2.24, 2.45) is 5.92 Å². The number of hydrogen-bond donors (Lipinski definition) is 0. The van der Waals surface area contributed by atoms with Crippen molar-refractivity contribution in [2.75, 3.05) is 40.0 Å². The van der Waals surface area contributed by atoms with Gasteiger partial charge in [0.2, 0.25) is 0 Å². The minimum Gasteiger partial charge on any atom is -0.383 e. The molecule has 2 saturated heterocycles. The summed E-state index contributed by atoms with van der Waals surface area (Å²) in [6.45, 7) is 2.16. The fraction of sp³-hybridized carbons (Fsp3) is 0.526. The summed E-state index contributed by atoms with van der Waals surface area (Å²) in [5, 5.41) is 0. The van der Waals surface area contributed by atoms with E-state index >= 15 is 0 Å². The molecular weight excluding hydrogens is 334 g/mol. The highest BCUT2D eigenvalue weighted by molar-refractivity contribution is 6.44. The molecule has 7 nitrogen and oxygen atoms in total. The van der Waals surface area contributed by atoms with Gasteiger partial charge in [0.05, 0.1) is 19.8 Å². The number of piperidine rings is 1. The number of methoxy groups -OCH3 is 1. The molecule has 0 spiro atoms. The van der Waals surface area contributed by atoms with Gasteiger partial charge in [-0.15, -0.1) is 0 Å². The standard InChI is InChI=1S/C19H25N3O4/c1-26-12-11-21-17(23)18(24)22(19(21)25)14-20-9-7-16(8-10-20)13-15-5-3-2-4-6-15/h2-6,16H,7-14H2,1H3. The second-order valence-electron chi connectivity index (χ2n) is 6.86. The fourth-order valence-corrected chi connectivity index (χ4v) is 3.53. The van der Waals surface area contributed by atoms with Crippen LogP contribution in [0.2, 0.25) is 0 Å². The third-order valence-electron chi connectivity index (χ3n) is 5.07. The zero-order valence-corrected chi connectivity index (χ0v) is 15.1. The van der Waals surface area contributed by atoms with Crippen LogP contribution in [0.1, 0.15) is 18.4 Å². The van der Waals surface area contributed by atoms with Gasteiger partial charge < -0.3 is 4.74 Å². The summed E-state index contributed by atoms with van der Waals surface area (Å²) in [5.74, 6) is -0.887. The van der Waals surface area contributed by atoms with Crippen LogP contribution in [0.15, 0.2) is 30.3 Å². The molecule has 0 atom stereocenters. The number of carbonyl (C=O) groups is 3. The monoisotopic (exact) mass is 359 g/mol. The second kappa shape index (κ2) is 8.42. The fourth-order valence-electron chi connectivity index (χ4n) is 3.53. The summed E-state index contributed by atoms with van der Waals surface area (Å²) in [7, 11) is 1.49. The first-order chi connectivity index (χ1) is 12.6. The maximum atomic E-state index is 12.3. The average molecular weight is 359 g/mol. The number of benzene rings is 1. The molecule has 26 heavy (non-hydrogen) atoms. The van der Waals surface area contributed by atoms with Crippen LogP contribution in [-0.2, 0) is 20.7 Å². The lowest BCUT2D eigenvalue weighted by Crippen LogP contribution is -2.45. The minimum absolute atomic E-state index is 0.107. The second-order valence-corrected chi connectivity index (χ2v) is 6.86. The molecule has 0 N–H and O–H groups in total. The number of amides is 4. The normalized spacial score (nSPS) is 19.7. The average Bonchev–Trinajstić information content (AvgIpc) is 2.86. The molecule has 7 heteroatoms. The van der Waals surface area contributed by atoms with Crippen LogP contribution in [0.3, 0.4) is 0 Å². The molecule has 0 bridgehead atoms. The van der Waals surface area contributed by atoms with E-state index in [1.165, 1.54) is 12.7 Å². The predicted octanol–water partition coefficient (Wildman–Crippen LogP) is 1.34. The SMILES string of the molecule is COCCN1C(=O)C(=O)N(CN2CCC(Cc3ccccc3)CC2)C1=O. The van der Waals surface area contributed by atoms with Gasteiger partial charge in [0, 0.05) is 20.2 Å². The maximum Gasteiger partial charge on any atom is 0.335 e. The molecule has 0 aromatic heterocycles. The molecule has 2 fully saturated rings. The molecule has 0 saturated carbocycles. The molecule has 0 unspecified atom stereocenters. The summed E-state index contributed by atoms with van der Waals surface area (Å²) in [4.78, 5) is 40.5. The summed E-state index contributed by atoms with van der Waals surface area (Å²) < 4.78 is 4.90. The van der Waals surface area contributed by atoms with Gasteiger partial charge >= 0.3 is 17.8 Å². The highest BCUT2D eigenvalue weighted by Crippen LogP contribution is 2.22. The van der Waals surface area contributed by atoms with Crippen molar-refractivity contribution < 1.29 is 19.1 Å². The third-order valence-corrected chi connectivity index (χ3v) is 5.07. The number of urea groups is 1. The predicted molar refractivity (Wildman–Crippen MR) is 95.1 cm³/mol. The van der Waals surface area contributed by atoms with E-state index in [9.17, 15) is 14.4 Å². The molecule has 3 rings (SSSR count). The highest BCUT2D eigenvalue weighted by Gasteiger charge is 2.44. The Morgan fingerprint density at radius 2 is 1.65 bits per heavy atom. The Labute approximate surface area is 153 Å². The van der Waals surface area contributed by atoms with Crippen LogP contribution >= 0.6 is 0 Å². The first kappa shape index (κ1) is 18.5. The lowest BCUT2D eigenvalue weighted by molar-refractivity contribution is -0.144. The van der Waals surface area contributed by atoms with Gasteiger partial charge in [-0.2, -0.15) is 0 Å². The number of carbonyl (C=O) groups excluding carboxylic acids is 3. The summed E-state index contributed by atoms with van der Waals surface area (Å²) in [5.41, 5.74) is 1.34. The van der Waals surface area contributed by atoms with E-state index in [4.69, 9.17) is 4.74 Å². The topological polar surface area (TPSA) is 70.2 Å². The zero-order valence-electron chi connectivity index (χ0n) is 15.1. The zero-order chi connectivity index (χ0) is 18.5. The molecule has 1 aromatic carbocycles. The molecule has 2 aliphatic heterocycles. The molecular formula is C19H25N3O4. The third kappa shape index (κ3) is 4.11. The first-order valence-electron chi connectivity index (χ1n) is 9.02. The number of rotatable bonds is 7. The van der Waals surface area contributed by atoms with Crippen LogP contribution in [0.4, 0.5) is 4.79 Å². The van der Waals surface area contributed by atoms with Crippen molar-refractivity contribution in [3.8, 4) is 0 Å². The van der Waals surface area contributed by atoms with Gasteiger partial charge in [-0.25, -0.2) is 9.69 Å². The first-order valence-corrected chi connectivity index (χ1v) is 9.02. The largest absolute Gasteiger partial charge is 0.383 e. The highest BCUT2D eigenvalue weighted by atomic mass is 16.5. The van der Waals surface area contributed by atoms with E-state index in [2.05, 4.69) is 29.2 Å². The Morgan fingerprint density at radius 1 is 1.00 bits per heavy atom. The van der Waals surface area contributed by atoms with Gasteiger partial charge in [0.1, 0.15) is 0 Å². The number of nitrogens with zero attached hydrogens (tertiary/aromatic N) is 3. The van der Waals surface area contributed by atoms with E-state index in [0.29, 0.717) is 5.92 Å². The van der Waals surface area contributed by atoms with E-state index in [1.807, 2.05) is 6.07 Å². The molecule has 2 heterocycles. The van der Waals surface area contributed by atoms with Crippen molar-refractivity contribution in [2.45, 2.75) is 19.3 Å². The lowest BCUT2D eigenvalue weighted by atomic mass is 9.90. The van der Waals surface area contributed by atoms with Crippen LogP contribution in [0, 0.1) is 5.92 Å². The summed E-state index contributed by atoms with van der Waals surface area (Å²) >= 11 is 0. The number of hydrogen-bond acceptors (Lipinski definition) is 5. The van der Waals surface area contributed by atoms with Gasteiger partial charge in [-0.05, 0) is 30.7 Å². The van der Waals surface area contributed by atoms with Crippen molar-refractivity contribution in [1.29, 1.82) is 0 Å². The van der Waals surface area contributed by atoms with E-state index in [0.717, 1.165) is 42.2 Å². The van der Waals surface area contributed by atoms with Crippen molar-refractivity contribution in [3.05, 3.63) is 35.9 Å². The van der Waals surface area contributed by atoms with Gasteiger partial charge in [-0.1, -0.05) is 30.3 Å². The Hall–Kier alpha value is -2.25. The number of ether oxygens (including phenoxy) is 1.